The highest BCUT2D eigenvalue weighted by Gasteiger charge is 1.92. The van der Waals surface area contributed by atoms with Crippen molar-refractivity contribution in [1.29, 1.82) is 0 Å². The Balaban J connectivity index is 3.27. The van der Waals surface area contributed by atoms with Crippen molar-refractivity contribution in [3.05, 3.63) is 12.3 Å². The molecule has 0 atom stereocenters. The van der Waals surface area contributed by atoms with E-state index in [0.29, 0.717) is 0 Å². The van der Waals surface area contributed by atoms with Crippen molar-refractivity contribution >= 4 is 6.03 Å². The smallest absolute Gasteiger partial charge is 0.318 e. The van der Waals surface area contributed by atoms with Crippen molar-refractivity contribution < 1.29 is 4.79 Å². The van der Waals surface area contributed by atoms with Crippen LogP contribution in [0.5, 0.6) is 0 Å². The third-order valence-electron chi connectivity index (χ3n) is 1.38. The summed E-state index contributed by atoms with van der Waals surface area (Å²) >= 11 is 0. The second-order valence-electron chi connectivity index (χ2n) is 2.56. The number of nitrogens with one attached hydrogen (secondary N) is 2. The molecular formula is C9H18N2O. The van der Waals surface area contributed by atoms with Crippen LogP contribution >= 0.6 is 0 Å². The number of rotatable bonds is 5. The van der Waals surface area contributed by atoms with Crippen LogP contribution in [0.1, 0.15) is 33.1 Å². The first kappa shape index (κ1) is 11.0. The quantitative estimate of drug-likeness (QED) is 0.609. The first-order chi connectivity index (χ1) is 5.81. The van der Waals surface area contributed by atoms with Crippen LogP contribution in [0, 0.1) is 0 Å². The van der Waals surface area contributed by atoms with E-state index in [2.05, 4.69) is 17.6 Å². The Kier molecular flexibility index (Phi) is 7.44. The lowest BCUT2D eigenvalue weighted by molar-refractivity contribution is 0.244. The summed E-state index contributed by atoms with van der Waals surface area (Å²) < 4.78 is 0. The maximum Gasteiger partial charge on any atom is 0.318 e. The zero-order chi connectivity index (χ0) is 9.23. The van der Waals surface area contributed by atoms with Gasteiger partial charge in [-0.1, -0.05) is 26.3 Å². The van der Waals surface area contributed by atoms with Gasteiger partial charge in [-0.3, -0.25) is 0 Å². The molecule has 0 saturated heterocycles. The normalized spacial score (nSPS) is 10.2. The standard InChI is InChI=1S/C9H18N2O/c1-3-5-7-10-9(12)11-8-6-4-2/h5,7H,3-4,6,8H2,1-2H3,(H2,10,11,12)/b7-5+. The second-order valence-corrected chi connectivity index (χ2v) is 2.56. The average Bonchev–Trinajstić information content (AvgIpc) is 2.06. The fraction of sp³-hybridized carbons (Fsp3) is 0.667. The molecule has 0 aliphatic carbocycles. The molecular weight excluding hydrogens is 152 g/mol. The van der Waals surface area contributed by atoms with Crippen LogP contribution in [0.4, 0.5) is 4.79 Å². The van der Waals surface area contributed by atoms with Crippen LogP contribution in [0.25, 0.3) is 0 Å². The molecule has 2 N–H and O–H groups in total. The maximum absolute atomic E-state index is 10.9. The number of allylic oxidation sites excluding steroid dienone is 1. The van der Waals surface area contributed by atoms with Gasteiger partial charge in [0.25, 0.3) is 0 Å². The molecule has 12 heavy (non-hydrogen) atoms. The van der Waals surface area contributed by atoms with E-state index in [0.717, 1.165) is 25.8 Å². The minimum atomic E-state index is -0.117. The van der Waals surface area contributed by atoms with Gasteiger partial charge in [-0.25, -0.2) is 4.79 Å². The Morgan fingerprint density at radius 3 is 2.75 bits per heavy atom. The van der Waals surface area contributed by atoms with E-state index < -0.39 is 0 Å². The number of amides is 2. The predicted molar refractivity (Wildman–Crippen MR) is 50.9 cm³/mol. The first-order valence-electron chi connectivity index (χ1n) is 4.50. The van der Waals surface area contributed by atoms with Gasteiger partial charge in [0.1, 0.15) is 0 Å². The SMILES string of the molecule is CC/C=C/NC(=O)NCCCC. The molecule has 0 aromatic heterocycles. The molecule has 0 aromatic rings. The topological polar surface area (TPSA) is 41.1 Å². The number of carbonyl (C=O) groups is 1. The Morgan fingerprint density at radius 1 is 1.42 bits per heavy atom. The largest absolute Gasteiger partial charge is 0.338 e. The van der Waals surface area contributed by atoms with Crippen molar-refractivity contribution in [2.75, 3.05) is 6.54 Å². The number of hydrogen-bond donors (Lipinski definition) is 2. The van der Waals surface area contributed by atoms with E-state index in [1.807, 2.05) is 13.0 Å². The molecule has 0 radical (unpaired) electrons. The first-order valence-corrected chi connectivity index (χ1v) is 4.50. The van der Waals surface area contributed by atoms with E-state index in [9.17, 15) is 4.79 Å². The summed E-state index contributed by atoms with van der Waals surface area (Å²) in [6.45, 7) is 4.87. The molecule has 0 unspecified atom stereocenters. The molecule has 0 fully saturated rings. The molecule has 0 spiro atoms. The minimum absolute atomic E-state index is 0.117. The van der Waals surface area contributed by atoms with Crippen LogP contribution in [0.15, 0.2) is 12.3 Å². The predicted octanol–water partition coefficient (Wildman–Crippen LogP) is 2.01. The van der Waals surface area contributed by atoms with Crippen LogP contribution in [0.2, 0.25) is 0 Å². The number of hydrogen-bond acceptors (Lipinski definition) is 1. The zero-order valence-electron chi connectivity index (χ0n) is 7.89. The summed E-state index contributed by atoms with van der Waals surface area (Å²) in [4.78, 5) is 10.9. The van der Waals surface area contributed by atoms with Gasteiger partial charge in [0, 0.05) is 12.7 Å². The molecule has 3 heteroatoms. The van der Waals surface area contributed by atoms with Crippen molar-refractivity contribution in [2.24, 2.45) is 0 Å². The summed E-state index contributed by atoms with van der Waals surface area (Å²) in [5.41, 5.74) is 0. The van der Waals surface area contributed by atoms with Gasteiger partial charge in [-0.15, -0.1) is 0 Å². The molecule has 0 aliphatic rings. The van der Waals surface area contributed by atoms with E-state index in [1.54, 1.807) is 6.20 Å². The van der Waals surface area contributed by atoms with Gasteiger partial charge in [0.15, 0.2) is 0 Å². The molecule has 0 bridgehead atoms. The summed E-state index contributed by atoms with van der Waals surface area (Å²) in [7, 11) is 0. The van der Waals surface area contributed by atoms with Crippen molar-refractivity contribution in [2.45, 2.75) is 33.1 Å². The van der Waals surface area contributed by atoms with Crippen molar-refractivity contribution in [1.82, 2.24) is 10.6 Å². The number of unbranched alkanes of at least 4 members (excludes halogenated alkanes) is 1. The summed E-state index contributed by atoms with van der Waals surface area (Å²) in [6.07, 6.45) is 6.64. The van der Waals surface area contributed by atoms with E-state index in [4.69, 9.17) is 0 Å². The second kappa shape index (κ2) is 8.11. The lowest BCUT2D eigenvalue weighted by atomic mass is 10.3. The average molecular weight is 170 g/mol. The highest BCUT2D eigenvalue weighted by atomic mass is 16.2. The summed E-state index contributed by atoms with van der Waals surface area (Å²) in [5.74, 6) is 0. The van der Waals surface area contributed by atoms with Gasteiger partial charge >= 0.3 is 6.03 Å². The molecule has 2 amide bonds. The number of carbonyl (C=O) groups excluding carboxylic acids is 1. The highest BCUT2D eigenvalue weighted by Crippen LogP contribution is 1.82. The fourth-order valence-electron chi connectivity index (χ4n) is 0.682. The monoisotopic (exact) mass is 170 g/mol. The minimum Gasteiger partial charge on any atom is -0.338 e. The molecule has 0 saturated carbocycles. The lowest BCUT2D eigenvalue weighted by Gasteiger charge is -2.02. The third kappa shape index (κ3) is 7.12. The fourth-order valence-corrected chi connectivity index (χ4v) is 0.682. The highest BCUT2D eigenvalue weighted by molar-refractivity contribution is 5.74. The summed E-state index contributed by atoms with van der Waals surface area (Å²) in [5, 5.41) is 5.35. The maximum atomic E-state index is 10.9. The Morgan fingerprint density at radius 2 is 2.17 bits per heavy atom. The molecule has 3 nitrogen and oxygen atoms in total. The van der Waals surface area contributed by atoms with Gasteiger partial charge in [0.05, 0.1) is 0 Å². The third-order valence-corrected chi connectivity index (χ3v) is 1.38. The Labute approximate surface area is 74.2 Å². The van der Waals surface area contributed by atoms with Crippen LogP contribution in [-0.4, -0.2) is 12.6 Å². The van der Waals surface area contributed by atoms with Crippen LogP contribution in [0.3, 0.4) is 0 Å². The van der Waals surface area contributed by atoms with Crippen LogP contribution in [-0.2, 0) is 0 Å². The van der Waals surface area contributed by atoms with E-state index in [-0.39, 0.29) is 6.03 Å². The Bertz CT molecular complexity index is 143. The van der Waals surface area contributed by atoms with Gasteiger partial charge in [-0.05, 0) is 12.8 Å². The van der Waals surface area contributed by atoms with Crippen molar-refractivity contribution in [3.63, 3.8) is 0 Å². The molecule has 70 valence electrons. The molecule has 0 aromatic carbocycles. The van der Waals surface area contributed by atoms with Gasteiger partial charge in [-0.2, -0.15) is 0 Å². The van der Waals surface area contributed by atoms with E-state index >= 15 is 0 Å². The zero-order valence-corrected chi connectivity index (χ0v) is 7.89. The molecule has 0 rings (SSSR count). The summed E-state index contributed by atoms with van der Waals surface area (Å²) in [6, 6.07) is -0.117. The number of urea groups is 1. The Hall–Kier alpha value is -0.990. The molecule has 0 aliphatic heterocycles. The molecule has 0 heterocycles. The lowest BCUT2D eigenvalue weighted by Crippen LogP contribution is -2.32. The van der Waals surface area contributed by atoms with Crippen molar-refractivity contribution in [3.8, 4) is 0 Å². The van der Waals surface area contributed by atoms with Crippen LogP contribution < -0.4 is 10.6 Å². The van der Waals surface area contributed by atoms with Gasteiger partial charge < -0.3 is 10.6 Å². The van der Waals surface area contributed by atoms with Gasteiger partial charge in [0.2, 0.25) is 0 Å². The van der Waals surface area contributed by atoms with E-state index in [1.165, 1.54) is 0 Å².